The molecule has 0 fully saturated rings. The Balaban J connectivity index is 2.27. The van der Waals surface area contributed by atoms with E-state index in [0.717, 1.165) is 15.6 Å². The van der Waals surface area contributed by atoms with E-state index in [0.29, 0.717) is 9.66 Å². The van der Waals surface area contributed by atoms with Gasteiger partial charge in [-0.2, -0.15) is 0 Å². The SMILES string of the molecule is [2H]c1c([2H])c([2H])c([Si](c2ccccc2)(c2ccccc2)c2ccccc2)c(Br)c1[2H]. The Bertz CT molecular complexity index is 1060. The van der Waals surface area contributed by atoms with Crippen LogP contribution < -0.4 is 20.7 Å². The summed E-state index contributed by atoms with van der Waals surface area (Å²) in [6.07, 6.45) is 0. The minimum Gasteiger partial charge on any atom is -0.0623 e. The van der Waals surface area contributed by atoms with Crippen molar-refractivity contribution in [2.24, 2.45) is 0 Å². The number of halogens is 1. The number of rotatable bonds is 4. The highest BCUT2D eigenvalue weighted by Crippen LogP contribution is 2.15. The Morgan fingerprint density at radius 2 is 0.962 bits per heavy atom. The predicted molar refractivity (Wildman–Crippen MR) is 118 cm³/mol. The molecule has 26 heavy (non-hydrogen) atoms. The van der Waals surface area contributed by atoms with Gasteiger partial charge < -0.3 is 0 Å². The minimum atomic E-state index is -3.03. The summed E-state index contributed by atoms with van der Waals surface area (Å²) in [6.45, 7) is 0. The predicted octanol–water partition coefficient (Wildman–Crippen LogP) is 3.83. The van der Waals surface area contributed by atoms with Gasteiger partial charge in [0.05, 0.1) is 5.48 Å². The quantitative estimate of drug-likeness (QED) is 0.349. The van der Waals surface area contributed by atoms with Crippen LogP contribution in [0.2, 0.25) is 0 Å². The van der Waals surface area contributed by atoms with Crippen LogP contribution in [0.4, 0.5) is 0 Å². The fourth-order valence-electron chi connectivity index (χ4n) is 3.55. The molecule has 2 heteroatoms. The van der Waals surface area contributed by atoms with E-state index in [4.69, 9.17) is 5.48 Å². The van der Waals surface area contributed by atoms with E-state index in [2.05, 4.69) is 52.3 Å². The Hall–Kier alpha value is -2.42. The molecular formula is C24H19BrSi. The smallest absolute Gasteiger partial charge is 0.0623 e. The molecule has 0 aliphatic rings. The van der Waals surface area contributed by atoms with E-state index in [-0.39, 0.29) is 24.2 Å². The maximum atomic E-state index is 8.89. The summed E-state index contributed by atoms with van der Waals surface area (Å²) in [5, 5.41) is 3.83. The van der Waals surface area contributed by atoms with Crippen molar-refractivity contribution in [3.63, 3.8) is 0 Å². The lowest BCUT2D eigenvalue weighted by Gasteiger charge is -2.35. The van der Waals surface area contributed by atoms with Crippen LogP contribution in [0.1, 0.15) is 5.48 Å². The summed E-state index contributed by atoms with van der Waals surface area (Å²) < 4.78 is 34.3. The van der Waals surface area contributed by atoms with Crippen LogP contribution in [0.5, 0.6) is 0 Å². The number of hydrogen-bond acceptors (Lipinski definition) is 0. The largest absolute Gasteiger partial charge is 0.180 e. The zero-order chi connectivity index (χ0) is 21.3. The van der Waals surface area contributed by atoms with Gasteiger partial charge in [-0.15, -0.1) is 0 Å². The average Bonchev–Trinajstić information content (AvgIpc) is 2.81. The van der Waals surface area contributed by atoms with Crippen LogP contribution in [-0.2, 0) is 0 Å². The van der Waals surface area contributed by atoms with Gasteiger partial charge in [-0.25, -0.2) is 0 Å². The highest BCUT2D eigenvalue weighted by Gasteiger charge is 2.42. The summed E-state index contributed by atoms with van der Waals surface area (Å²) in [6, 6.07) is 29.8. The van der Waals surface area contributed by atoms with Crippen LogP contribution in [0.25, 0.3) is 0 Å². The average molecular weight is 419 g/mol. The second-order valence-electron chi connectivity index (χ2n) is 6.04. The monoisotopic (exact) mass is 418 g/mol. The summed E-state index contributed by atoms with van der Waals surface area (Å²) in [5.74, 6) is 0. The number of benzene rings is 4. The van der Waals surface area contributed by atoms with Gasteiger partial charge in [0.15, 0.2) is 8.07 Å². The fraction of sp³-hybridized carbons (Fsp3) is 0. The van der Waals surface area contributed by atoms with Crippen molar-refractivity contribution in [2.45, 2.75) is 0 Å². The lowest BCUT2D eigenvalue weighted by Crippen LogP contribution is -2.75. The zero-order valence-electron chi connectivity index (χ0n) is 18.0. The maximum absolute atomic E-state index is 8.89. The van der Waals surface area contributed by atoms with Gasteiger partial charge >= 0.3 is 0 Å². The molecule has 0 aliphatic heterocycles. The molecule has 0 aliphatic carbocycles. The van der Waals surface area contributed by atoms with Crippen molar-refractivity contribution in [1.29, 1.82) is 0 Å². The van der Waals surface area contributed by atoms with Crippen molar-refractivity contribution in [3.05, 3.63) is 120 Å². The van der Waals surface area contributed by atoms with Gasteiger partial charge in [-0.1, -0.05) is 125 Å². The third-order valence-electron chi connectivity index (χ3n) is 4.64. The molecule has 0 nitrogen and oxygen atoms in total. The molecule has 0 bridgehead atoms. The third kappa shape index (κ3) is 2.85. The van der Waals surface area contributed by atoms with Gasteiger partial charge in [-0.3, -0.25) is 0 Å². The Labute approximate surface area is 169 Å². The molecule has 0 unspecified atom stereocenters. The standard InChI is InChI=1S/C24H19BrSi/c25-23-18-10-11-19-24(23)26(20-12-4-1-5-13-20,21-14-6-2-7-15-21)22-16-8-3-9-17-22/h1-19H/i10D,11D,18D,19D. The van der Waals surface area contributed by atoms with E-state index in [1.54, 1.807) is 0 Å². The molecule has 0 N–H and O–H groups in total. The van der Waals surface area contributed by atoms with E-state index in [1.165, 1.54) is 0 Å². The summed E-state index contributed by atoms with van der Waals surface area (Å²) in [7, 11) is -3.03. The fourth-order valence-corrected chi connectivity index (χ4v) is 9.23. The molecule has 0 heterocycles. The molecule has 0 radical (unpaired) electrons. The second kappa shape index (κ2) is 7.44. The van der Waals surface area contributed by atoms with Crippen molar-refractivity contribution in [3.8, 4) is 0 Å². The van der Waals surface area contributed by atoms with Gasteiger partial charge in [0.1, 0.15) is 0 Å². The first-order valence-corrected chi connectivity index (χ1v) is 11.2. The topological polar surface area (TPSA) is 0 Å². The molecular weight excluding hydrogens is 396 g/mol. The Kier molecular flexibility index (Phi) is 3.68. The molecule has 4 rings (SSSR count). The molecule has 0 spiro atoms. The van der Waals surface area contributed by atoms with E-state index in [9.17, 15) is 0 Å². The first-order chi connectivity index (χ1) is 14.5. The molecule has 126 valence electrons. The maximum Gasteiger partial charge on any atom is 0.180 e. The van der Waals surface area contributed by atoms with E-state index in [1.807, 2.05) is 54.6 Å². The molecule has 0 amide bonds. The molecule has 0 saturated carbocycles. The molecule has 0 aromatic heterocycles. The van der Waals surface area contributed by atoms with Crippen molar-refractivity contribution in [2.75, 3.05) is 0 Å². The van der Waals surface area contributed by atoms with Crippen LogP contribution in [0, 0.1) is 0 Å². The first kappa shape index (κ1) is 12.9. The van der Waals surface area contributed by atoms with E-state index < -0.39 is 8.07 Å². The van der Waals surface area contributed by atoms with Crippen molar-refractivity contribution >= 4 is 44.8 Å². The van der Waals surface area contributed by atoms with E-state index >= 15 is 0 Å². The minimum absolute atomic E-state index is 0.00565. The Morgan fingerprint density at radius 3 is 1.38 bits per heavy atom. The van der Waals surface area contributed by atoms with Gasteiger partial charge in [-0.05, 0) is 26.8 Å². The van der Waals surface area contributed by atoms with Crippen molar-refractivity contribution < 1.29 is 5.48 Å². The van der Waals surface area contributed by atoms with Crippen LogP contribution in [0.3, 0.4) is 0 Å². The lowest BCUT2D eigenvalue weighted by atomic mass is 10.3. The summed E-state index contributed by atoms with van der Waals surface area (Å²) >= 11 is 3.57. The highest BCUT2D eigenvalue weighted by atomic mass is 79.9. The third-order valence-corrected chi connectivity index (χ3v) is 10.3. The van der Waals surface area contributed by atoms with Gasteiger partial charge in [0, 0.05) is 4.47 Å². The lowest BCUT2D eigenvalue weighted by molar-refractivity contribution is 1.64. The molecule has 4 aromatic carbocycles. The summed E-state index contributed by atoms with van der Waals surface area (Å²) in [4.78, 5) is 0. The van der Waals surface area contributed by atoms with Crippen LogP contribution in [-0.4, -0.2) is 8.07 Å². The Morgan fingerprint density at radius 1 is 0.577 bits per heavy atom. The second-order valence-corrected chi connectivity index (χ2v) is 10.6. The zero-order valence-corrected chi connectivity index (χ0v) is 16.6. The first-order valence-electron chi connectivity index (χ1n) is 10.4. The normalized spacial score (nSPS) is 13.4. The molecule has 4 aromatic rings. The van der Waals surface area contributed by atoms with Crippen LogP contribution in [0.15, 0.2) is 120 Å². The van der Waals surface area contributed by atoms with Crippen LogP contribution >= 0.6 is 15.9 Å². The molecule has 0 atom stereocenters. The summed E-state index contributed by atoms with van der Waals surface area (Å²) in [5.41, 5.74) is 0. The van der Waals surface area contributed by atoms with Crippen molar-refractivity contribution in [1.82, 2.24) is 0 Å². The van der Waals surface area contributed by atoms with Gasteiger partial charge in [0.2, 0.25) is 0 Å². The molecule has 0 saturated heterocycles. The highest BCUT2D eigenvalue weighted by molar-refractivity contribution is 9.10. The number of hydrogen-bond donors (Lipinski definition) is 0. The van der Waals surface area contributed by atoms with Gasteiger partial charge in [0.25, 0.3) is 0 Å².